The summed E-state index contributed by atoms with van der Waals surface area (Å²) in [4.78, 5) is 34.1. The Kier molecular flexibility index (Phi) is 5.00. The minimum atomic E-state index is -4.87. The van der Waals surface area contributed by atoms with Crippen LogP contribution >= 0.6 is 0 Å². The highest BCUT2D eigenvalue weighted by atomic mass is 32.3. The first kappa shape index (κ1) is 19.8. The molecule has 0 aliphatic carbocycles. The van der Waals surface area contributed by atoms with Crippen molar-refractivity contribution in [3.05, 3.63) is 0 Å². The molecule has 3 amide bonds. The van der Waals surface area contributed by atoms with Gasteiger partial charge in [0.05, 0.1) is 25.9 Å². The molecule has 0 saturated carbocycles. The van der Waals surface area contributed by atoms with Crippen LogP contribution in [0.5, 0.6) is 0 Å². The molecule has 0 aromatic carbocycles. The number of likely N-dealkylation sites (tertiary alicyclic amines) is 1. The Morgan fingerprint density at radius 2 is 2.18 bits per heavy atom. The molecule has 1 spiro atoms. The smallest absolute Gasteiger partial charge is 0.380 e. The summed E-state index contributed by atoms with van der Waals surface area (Å²) >= 11 is 0. The van der Waals surface area contributed by atoms with Crippen molar-refractivity contribution in [2.75, 3.05) is 40.0 Å². The van der Waals surface area contributed by atoms with E-state index in [0.717, 1.165) is 19.4 Å². The van der Waals surface area contributed by atoms with Crippen LogP contribution in [0.25, 0.3) is 0 Å². The van der Waals surface area contributed by atoms with E-state index in [4.69, 9.17) is 14.1 Å². The fraction of sp³-hybridized carbons (Fsp3) is 0.867. The molecule has 4 heterocycles. The number of carbonyl (C=O) groups is 2. The summed E-state index contributed by atoms with van der Waals surface area (Å²) in [6.07, 6.45) is 2.36. The van der Waals surface area contributed by atoms with Gasteiger partial charge >= 0.3 is 16.4 Å². The Labute approximate surface area is 162 Å². The van der Waals surface area contributed by atoms with Gasteiger partial charge in [0.1, 0.15) is 6.04 Å². The number of hydrogen-bond donors (Lipinski definition) is 2. The molecule has 3 atom stereocenters. The standard InChI is InChI=1S/C15H24N4O8S/c1-17-4-2-3-10(17)7-26-16-13(20)11-5-15(8-25-9-15)12-6-18(11)14(21)19(12)27-28(22,23)24/h10-12H,2-9H2,1H3,(H,16,20)(H,22,23,24)/t10?,11-,12-/m0/s1. The monoisotopic (exact) mass is 420 g/mol. The molecule has 4 rings (SSSR count). The molecular formula is C15H24N4O8S. The summed E-state index contributed by atoms with van der Waals surface area (Å²) in [5.74, 6) is -0.479. The van der Waals surface area contributed by atoms with E-state index in [2.05, 4.69) is 14.7 Å². The number of rotatable bonds is 6. The fourth-order valence-corrected chi connectivity index (χ4v) is 4.86. The number of ether oxygens (including phenoxy) is 1. The van der Waals surface area contributed by atoms with E-state index in [9.17, 15) is 18.0 Å². The van der Waals surface area contributed by atoms with Crippen LogP contribution in [0.4, 0.5) is 4.79 Å². The van der Waals surface area contributed by atoms with Gasteiger partial charge in [0, 0.05) is 18.0 Å². The number of amides is 3. The van der Waals surface area contributed by atoms with Gasteiger partial charge in [-0.2, -0.15) is 13.5 Å². The first-order valence-electron chi connectivity index (χ1n) is 9.17. The number of urea groups is 1. The largest absolute Gasteiger partial charge is 0.418 e. The quantitative estimate of drug-likeness (QED) is 0.399. The van der Waals surface area contributed by atoms with Gasteiger partial charge in [0.2, 0.25) is 0 Å². The van der Waals surface area contributed by atoms with Crippen LogP contribution in [0.2, 0.25) is 0 Å². The zero-order valence-corrected chi connectivity index (χ0v) is 16.3. The molecule has 1 unspecified atom stereocenters. The van der Waals surface area contributed by atoms with E-state index in [0.29, 0.717) is 11.7 Å². The van der Waals surface area contributed by atoms with Crippen molar-refractivity contribution in [3.8, 4) is 0 Å². The van der Waals surface area contributed by atoms with Crippen LogP contribution in [0.1, 0.15) is 19.3 Å². The molecule has 0 aromatic rings. The number of hydroxylamine groups is 3. The van der Waals surface area contributed by atoms with E-state index in [1.807, 2.05) is 7.05 Å². The van der Waals surface area contributed by atoms with Gasteiger partial charge in [-0.15, -0.1) is 4.28 Å². The summed E-state index contributed by atoms with van der Waals surface area (Å²) in [6, 6.07) is -2.03. The number of nitrogens with one attached hydrogen (secondary N) is 1. The van der Waals surface area contributed by atoms with E-state index in [1.54, 1.807) is 0 Å². The van der Waals surface area contributed by atoms with Crippen molar-refractivity contribution in [2.24, 2.45) is 5.41 Å². The second kappa shape index (κ2) is 7.07. The highest BCUT2D eigenvalue weighted by molar-refractivity contribution is 7.80. The lowest BCUT2D eigenvalue weighted by Crippen LogP contribution is -2.63. The number of likely N-dealkylation sites (N-methyl/N-ethyl adjacent to an activating group) is 1. The lowest BCUT2D eigenvalue weighted by molar-refractivity contribution is -0.194. The molecule has 158 valence electrons. The van der Waals surface area contributed by atoms with Crippen molar-refractivity contribution in [1.29, 1.82) is 0 Å². The first-order valence-corrected chi connectivity index (χ1v) is 10.5. The van der Waals surface area contributed by atoms with Crippen LogP contribution in [0, 0.1) is 5.41 Å². The number of carbonyl (C=O) groups excluding carboxylic acids is 2. The SMILES string of the molecule is CN1CCCC1CONC(=O)[C@@H]1CC2(COC2)[C@@H]2CN1C(=O)N2OS(=O)(=O)O. The maximum absolute atomic E-state index is 12.7. The van der Waals surface area contributed by atoms with E-state index >= 15 is 0 Å². The van der Waals surface area contributed by atoms with Crippen molar-refractivity contribution in [3.63, 3.8) is 0 Å². The van der Waals surface area contributed by atoms with Crippen LogP contribution in [0.3, 0.4) is 0 Å². The maximum atomic E-state index is 12.7. The molecule has 12 nitrogen and oxygen atoms in total. The van der Waals surface area contributed by atoms with Crippen LogP contribution in [-0.4, -0.2) is 97.9 Å². The molecule has 0 aromatic heterocycles. The number of hydrogen-bond acceptors (Lipinski definition) is 8. The Morgan fingerprint density at radius 3 is 2.75 bits per heavy atom. The molecule has 0 radical (unpaired) electrons. The van der Waals surface area contributed by atoms with Gasteiger partial charge in [-0.1, -0.05) is 0 Å². The third kappa shape index (κ3) is 3.46. The van der Waals surface area contributed by atoms with Crippen molar-refractivity contribution in [2.45, 2.75) is 37.4 Å². The molecule has 13 heteroatoms. The third-order valence-corrected chi connectivity index (χ3v) is 6.50. The lowest BCUT2D eigenvalue weighted by Gasteiger charge is -2.50. The molecule has 4 saturated heterocycles. The van der Waals surface area contributed by atoms with Gasteiger partial charge in [0.15, 0.2) is 0 Å². The molecule has 2 bridgehead atoms. The van der Waals surface area contributed by atoms with Gasteiger partial charge in [-0.05, 0) is 32.9 Å². The van der Waals surface area contributed by atoms with Crippen molar-refractivity contribution in [1.82, 2.24) is 20.3 Å². The third-order valence-electron chi connectivity index (χ3n) is 6.15. The molecule has 28 heavy (non-hydrogen) atoms. The Bertz CT molecular complexity index is 757. The minimum absolute atomic E-state index is 0.0984. The fourth-order valence-electron chi connectivity index (χ4n) is 4.49. The molecule has 2 N–H and O–H groups in total. The van der Waals surface area contributed by atoms with Crippen LogP contribution < -0.4 is 5.48 Å². The summed E-state index contributed by atoms with van der Waals surface area (Å²) < 4.78 is 41.0. The van der Waals surface area contributed by atoms with E-state index < -0.39 is 39.8 Å². The predicted molar refractivity (Wildman–Crippen MR) is 91.8 cm³/mol. The number of piperidine rings is 1. The maximum Gasteiger partial charge on any atom is 0.418 e. The Hall–Kier alpha value is -1.51. The zero-order valence-electron chi connectivity index (χ0n) is 15.4. The van der Waals surface area contributed by atoms with Gasteiger partial charge < -0.3 is 14.5 Å². The molecule has 4 aliphatic rings. The highest BCUT2D eigenvalue weighted by Crippen LogP contribution is 2.47. The molecule has 4 fully saturated rings. The summed E-state index contributed by atoms with van der Waals surface area (Å²) in [6.45, 7) is 1.96. The summed E-state index contributed by atoms with van der Waals surface area (Å²) in [5.41, 5.74) is 1.81. The second-order valence-electron chi connectivity index (χ2n) is 7.91. The average molecular weight is 420 g/mol. The van der Waals surface area contributed by atoms with Crippen molar-refractivity contribution < 1.29 is 36.4 Å². The van der Waals surface area contributed by atoms with Gasteiger partial charge in [0.25, 0.3) is 5.91 Å². The number of fused-ring (bicyclic) bond motifs is 3. The summed E-state index contributed by atoms with van der Waals surface area (Å²) in [5, 5.41) is 0.638. The van der Waals surface area contributed by atoms with Gasteiger partial charge in [-0.3, -0.25) is 14.2 Å². The molecular weight excluding hydrogens is 396 g/mol. The summed E-state index contributed by atoms with van der Waals surface area (Å²) in [7, 11) is -2.88. The van der Waals surface area contributed by atoms with Crippen molar-refractivity contribution >= 4 is 22.3 Å². The van der Waals surface area contributed by atoms with Gasteiger partial charge in [-0.25, -0.2) is 10.3 Å². The van der Waals surface area contributed by atoms with Crippen LogP contribution in [0.15, 0.2) is 0 Å². The predicted octanol–water partition coefficient (Wildman–Crippen LogP) is -1.24. The highest BCUT2D eigenvalue weighted by Gasteiger charge is 2.63. The minimum Gasteiger partial charge on any atom is -0.380 e. The topological polar surface area (TPSA) is 138 Å². The normalized spacial score (nSPS) is 32.1. The van der Waals surface area contributed by atoms with Crippen LogP contribution in [-0.2, 0) is 29.1 Å². The first-order chi connectivity index (χ1) is 13.2. The average Bonchev–Trinajstić information content (AvgIpc) is 3.10. The lowest BCUT2D eigenvalue weighted by atomic mass is 9.71. The molecule has 4 aliphatic heterocycles. The Balaban J connectivity index is 1.43. The second-order valence-corrected chi connectivity index (χ2v) is 8.91. The van der Waals surface area contributed by atoms with E-state index in [1.165, 1.54) is 4.90 Å². The van der Waals surface area contributed by atoms with E-state index in [-0.39, 0.29) is 32.2 Å². The Morgan fingerprint density at radius 1 is 1.43 bits per heavy atom. The zero-order chi connectivity index (χ0) is 20.1. The number of nitrogens with zero attached hydrogens (tertiary/aromatic N) is 3.